The zero-order valence-electron chi connectivity index (χ0n) is 11.6. The van der Waals surface area contributed by atoms with Crippen LogP contribution < -0.4 is 10.6 Å². The van der Waals surface area contributed by atoms with Crippen molar-refractivity contribution in [2.75, 3.05) is 13.1 Å². The molecule has 1 aromatic heterocycles. The van der Waals surface area contributed by atoms with E-state index in [1.54, 1.807) is 29.1 Å². The van der Waals surface area contributed by atoms with Crippen LogP contribution in [0, 0.1) is 0 Å². The summed E-state index contributed by atoms with van der Waals surface area (Å²) in [6, 6.07) is 4.81. The standard InChI is InChI=1S/C14H16Cl2N4O/c1-20-9-10(8-19-20)7-17-4-5-18-14(21)11-2-3-12(15)13(16)6-11/h2-3,6,8-9,17H,4-5,7H2,1H3,(H,18,21). The third-order valence-electron chi connectivity index (χ3n) is 2.86. The van der Waals surface area contributed by atoms with Crippen molar-refractivity contribution < 1.29 is 4.79 Å². The summed E-state index contributed by atoms with van der Waals surface area (Å²) in [6.07, 6.45) is 3.75. The van der Waals surface area contributed by atoms with Gasteiger partial charge in [0.15, 0.2) is 0 Å². The first-order valence-electron chi connectivity index (χ1n) is 6.48. The Hall–Kier alpha value is -1.56. The maximum Gasteiger partial charge on any atom is 0.251 e. The summed E-state index contributed by atoms with van der Waals surface area (Å²) in [6.45, 7) is 1.91. The second kappa shape index (κ2) is 7.45. The molecule has 0 unspecified atom stereocenters. The average molecular weight is 327 g/mol. The molecule has 5 nitrogen and oxygen atoms in total. The maximum atomic E-state index is 11.9. The number of carbonyl (C=O) groups is 1. The fraction of sp³-hybridized carbons (Fsp3) is 0.286. The second-order valence-electron chi connectivity index (χ2n) is 4.58. The molecule has 1 amide bonds. The Labute approximate surface area is 133 Å². The minimum Gasteiger partial charge on any atom is -0.351 e. The molecule has 2 N–H and O–H groups in total. The van der Waals surface area contributed by atoms with Gasteiger partial charge < -0.3 is 10.6 Å². The molecule has 0 fully saturated rings. The SMILES string of the molecule is Cn1cc(CNCCNC(=O)c2ccc(Cl)c(Cl)c2)cn1. The van der Waals surface area contributed by atoms with Crippen LogP contribution >= 0.6 is 23.2 Å². The van der Waals surface area contributed by atoms with Gasteiger partial charge in [-0.1, -0.05) is 23.2 Å². The molecule has 0 saturated carbocycles. The lowest BCUT2D eigenvalue weighted by atomic mass is 10.2. The highest BCUT2D eigenvalue weighted by Crippen LogP contribution is 2.22. The topological polar surface area (TPSA) is 59.0 Å². The predicted molar refractivity (Wildman–Crippen MR) is 83.7 cm³/mol. The average Bonchev–Trinajstić information content (AvgIpc) is 2.87. The number of nitrogens with zero attached hydrogens (tertiary/aromatic N) is 2. The molecule has 0 spiro atoms. The van der Waals surface area contributed by atoms with Gasteiger partial charge in [-0.05, 0) is 18.2 Å². The molecule has 1 aromatic carbocycles. The molecule has 1 heterocycles. The van der Waals surface area contributed by atoms with Crippen LogP contribution in [0.5, 0.6) is 0 Å². The van der Waals surface area contributed by atoms with Gasteiger partial charge in [0.2, 0.25) is 0 Å². The quantitative estimate of drug-likeness (QED) is 0.800. The Morgan fingerprint density at radius 3 is 2.76 bits per heavy atom. The molecule has 0 aliphatic heterocycles. The van der Waals surface area contributed by atoms with Crippen LogP contribution in [0.4, 0.5) is 0 Å². The Bertz CT molecular complexity index is 627. The van der Waals surface area contributed by atoms with E-state index in [1.165, 1.54) is 0 Å². The van der Waals surface area contributed by atoms with Crippen molar-refractivity contribution >= 4 is 29.1 Å². The number of nitrogens with one attached hydrogen (secondary N) is 2. The molecule has 0 radical (unpaired) electrons. The van der Waals surface area contributed by atoms with Crippen molar-refractivity contribution in [1.82, 2.24) is 20.4 Å². The normalized spacial score (nSPS) is 10.6. The first-order chi connectivity index (χ1) is 10.1. The molecule has 7 heteroatoms. The predicted octanol–water partition coefficient (Wildman–Crippen LogP) is 2.25. The first kappa shape index (κ1) is 15.8. The van der Waals surface area contributed by atoms with Gasteiger partial charge in [-0.2, -0.15) is 5.10 Å². The zero-order valence-corrected chi connectivity index (χ0v) is 13.1. The third-order valence-corrected chi connectivity index (χ3v) is 3.60. The number of amides is 1. The Balaban J connectivity index is 1.70. The van der Waals surface area contributed by atoms with E-state index in [2.05, 4.69) is 15.7 Å². The molecule has 21 heavy (non-hydrogen) atoms. The molecular formula is C14H16Cl2N4O. The van der Waals surface area contributed by atoms with Gasteiger partial charge >= 0.3 is 0 Å². The molecule has 0 saturated heterocycles. The summed E-state index contributed by atoms with van der Waals surface area (Å²) >= 11 is 11.7. The van der Waals surface area contributed by atoms with E-state index in [4.69, 9.17) is 23.2 Å². The summed E-state index contributed by atoms with van der Waals surface area (Å²) in [5.41, 5.74) is 1.60. The Morgan fingerprint density at radius 1 is 1.29 bits per heavy atom. The fourth-order valence-electron chi connectivity index (χ4n) is 1.80. The van der Waals surface area contributed by atoms with Crippen LogP contribution in [-0.2, 0) is 13.6 Å². The lowest BCUT2D eigenvalue weighted by Crippen LogP contribution is -2.31. The van der Waals surface area contributed by atoms with E-state index in [0.29, 0.717) is 28.7 Å². The number of carbonyl (C=O) groups excluding carboxylic acids is 1. The molecule has 0 aliphatic rings. The van der Waals surface area contributed by atoms with Gasteiger partial charge in [-0.25, -0.2) is 0 Å². The highest BCUT2D eigenvalue weighted by atomic mass is 35.5. The van der Waals surface area contributed by atoms with Crippen LogP contribution in [0.25, 0.3) is 0 Å². The van der Waals surface area contributed by atoms with Crippen molar-refractivity contribution in [2.45, 2.75) is 6.54 Å². The number of rotatable bonds is 6. The Kier molecular flexibility index (Phi) is 5.61. The number of halogens is 2. The van der Waals surface area contributed by atoms with Gasteiger partial charge in [0, 0.05) is 44.0 Å². The lowest BCUT2D eigenvalue weighted by Gasteiger charge is -2.07. The molecular weight excluding hydrogens is 311 g/mol. The maximum absolute atomic E-state index is 11.9. The minimum absolute atomic E-state index is 0.170. The van der Waals surface area contributed by atoms with Gasteiger partial charge in [0.25, 0.3) is 5.91 Å². The fourth-order valence-corrected chi connectivity index (χ4v) is 2.10. The van der Waals surface area contributed by atoms with Crippen molar-refractivity contribution in [3.8, 4) is 0 Å². The number of benzene rings is 1. The lowest BCUT2D eigenvalue weighted by molar-refractivity contribution is 0.0954. The van der Waals surface area contributed by atoms with Crippen molar-refractivity contribution in [1.29, 1.82) is 0 Å². The van der Waals surface area contributed by atoms with Gasteiger partial charge in [-0.3, -0.25) is 9.48 Å². The monoisotopic (exact) mass is 326 g/mol. The van der Waals surface area contributed by atoms with E-state index >= 15 is 0 Å². The van der Waals surface area contributed by atoms with Gasteiger partial charge in [-0.15, -0.1) is 0 Å². The Morgan fingerprint density at radius 2 is 2.10 bits per heavy atom. The van der Waals surface area contributed by atoms with Crippen LogP contribution in [0.2, 0.25) is 10.0 Å². The molecule has 2 rings (SSSR count). The molecule has 112 valence electrons. The number of hydrogen-bond acceptors (Lipinski definition) is 3. The summed E-state index contributed by atoms with van der Waals surface area (Å²) in [5, 5.41) is 10.9. The van der Waals surface area contributed by atoms with Crippen LogP contribution in [-0.4, -0.2) is 28.8 Å². The van der Waals surface area contributed by atoms with Gasteiger partial charge in [0.1, 0.15) is 0 Å². The van der Waals surface area contributed by atoms with Crippen LogP contribution in [0.15, 0.2) is 30.6 Å². The van der Waals surface area contributed by atoms with E-state index in [0.717, 1.165) is 12.1 Å². The highest BCUT2D eigenvalue weighted by molar-refractivity contribution is 6.42. The number of aryl methyl sites for hydroxylation is 1. The molecule has 2 aromatic rings. The van der Waals surface area contributed by atoms with E-state index < -0.39 is 0 Å². The minimum atomic E-state index is -0.170. The first-order valence-corrected chi connectivity index (χ1v) is 7.23. The van der Waals surface area contributed by atoms with E-state index in [-0.39, 0.29) is 5.91 Å². The molecule has 0 atom stereocenters. The number of hydrogen-bond donors (Lipinski definition) is 2. The van der Waals surface area contributed by atoms with Gasteiger partial charge in [0.05, 0.1) is 16.2 Å². The number of aromatic nitrogens is 2. The summed E-state index contributed by atoms with van der Waals surface area (Å²) in [5.74, 6) is -0.170. The summed E-state index contributed by atoms with van der Waals surface area (Å²) in [7, 11) is 1.88. The van der Waals surface area contributed by atoms with E-state index in [9.17, 15) is 4.79 Å². The smallest absolute Gasteiger partial charge is 0.251 e. The largest absolute Gasteiger partial charge is 0.351 e. The van der Waals surface area contributed by atoms with Crippen molar-refractivity contribution in [3.05, 3.63) is 51.8 Å². The van der Waals surface area contributed by atoms with E-state index in [1.807, 2.05) is 13.2 Å². The zero-order chi connectivity index (χ0) is 15.2. The van der Waals surface area contributed by atoms with Crippen molar-refractivity contribution in [2.24, 2.45) is 7.05 Å². The summed E-state index contributed by atoms with van der Waals surface area (Å²) < 4.78 is 1.75. The second-order valence-corrected chi connectivity index (χ2v) is 5.40. The molecule has 0 bridgehead atoms. The third kappa shape index (κ3) is 4.74. The summed E-state index contributed by atoms with van der Waals surface area (Å²) in [4.78, 5) is 11.9. The van der Waals surface area contributed by atoms with Crippen molar-refractivity contribution in [3.63, 3.8) is 0 Å². The highest BCUT2D eigenvalue weighted by Gasteiger charge is 2.07. The van der Waals surface area contributed by atoms with Crippen LogP contribution in [0.1, 0.15) is 15.9 Å². The van der Waals surface area contributed by atoms with Crippen LogP contribution in [0.3, 0.4) is 0 Å². The molecule has 0 aliphatic carbocycles.